The van der Waals surface area contributed by atoms with Gasteiger partial charge in [0, 0.05) is 0 Å². The molecular formula is C19H24O. The van der Waals surface area contributed by atoms with Gasteiger partial charge in [-0.1, -0.05) is 67.9 Å². The van der Waals surface area contributed by atoms with E-state index in [1.165, 1.54) is 28.7 Å². The van der Waals surface area contributed by atoms with Gasteiger partial charge in [-0.15, -0.1) is 0 Å². The van der Waals surface area contributed by atoms with Gasteiger partial charge in [0.15, 0.2) is 0 Å². The molecule has 0 aliphatic heterocycles. The Balaban J connectivity index is 1.83. The van der Waals surface area contributed by atoms with Gasteiger partial charge in [-0.3, -0.25) is 0 Å². The van der Waals surface area contributed by atoms with E-state index in [-0.39, 0.29) is 0 Å². The molecule has 0 amide bonds. The standard InChI is InChI=1S/C19H24O/c1-4-16(3)19-11-9-18(10-12-19)14-20-13-17-7-5-15(2)6-8-17/h5-12,16H,4,13-14H2,1-3H3. The van der Waals surface area contributed by atoms with Crippen LogP contribution in [0.2, 0.25) is 0 Å². The van der Waals surface area contributed by atoms with Gasteiger partial charge in [0.1, 0.15) is 0 Å². The highest BCUT2D eigenvalue weighted by Crippen LogP contribution is 2.19. The van der Waals surface area contributed by atoms with Gasteiger partial charge in [-0.05, 0) is 36.0 Å². The number of ether oxygens (including phenoxy) is 1. The molecule has 0 bridgehead atoms. The first-order valence-electron chi connectivity index (χ1n) is 7.41. The molecule has 0 saturated carbocycles. The van der Waals surface area contributed by atoms with E-state index in [0.29, 0.717) is 19.1 Å². The molecule has 0 N–H and O–H groups in total. The molecule has 1 heteroatoms. The zero-order valence-corrected chi connectivity index (χ0v) is 12.7. The molecule has 0 fully saturated rings. The van der Waals surface area contributed by atoms with Gasteiger partial charge in [0.05, 0.1) is 13.2 Å². The lowest BCUT2D eigenvalue weighted by Gasteiger charge is -2.10. The largest absolute Gasteiger partial charge is 0.372 e. The number of benzene rings is 2. The summed E-state index contributed by atoms with van der Waals surface area (Å²) in [4.78, 5) is 0. The third-order valence-electron chi connectivity index (χ3n) is 3.82. The number of hydrogen-bond donors (Lipinski definition) is 0. The van der Waals surface area contributed by atoms with Crippen LogP contribution in [0, 0.1) is 6.92 Å². The minimum Gasteiger partial charge on any atom is -0.372 e. The Morgan fingerprint density at radius 2 is 1.35 bits per heavy atom. The molecule has 2 rings (SSSR count). The molecule has 106 valence electrons. The molecule has 2 aromatic rings. The molecule has 20 heavy (non-hydrogen) atoms. The van der Waals surface area contributed by atoms with Gasteiger partial charge in [0.25, 0.3) is 0 Å². The van der Waals surface area contributed by atoms with Crippen molar-refractivity contribution in [1.29, 1.82) is 0 Å². The van der Waals surface area contributed by atoms with E-state index in [2.05, 4.69) is 69.3 Å². The van der Waals surface area contributed by atoms with Gasteiger partial charge >= 0.3 is 0 Å². The third kappa shape index (κ3) is 4.21. The minimum atomic E-state index is 0.637. The highest BCUT2D eigenvalue weighted by Gasteiger charge is 2.02. The zero-order valence-electron chi connectivity index (χ0n) is 12.7. The molecule has 0 radical (unpaired) electrons. The van der Waals surface area contributed by atoms with Gasteiger partial charge in [-0.25, -0.2) is 0 Å². The Bertz CT molecular complexity index is 510. The molecule has 2 aromatic carbocycles. The second-order valence-corrected chi connectivity index (χ2v) is 5.53. The van der Waals surface area contributed by atoms with Crippen molar-refractivity contribution >= 4 is 0 Å². The van der Waals surface area contributed by atoms with Gasteiger partial charge in [0.2, 0.25) is 0 Å². The summed E-state index contributed by atoms with van der Waals surface area (Å²) in [6, 6.07) is 17.3. The van der Waals surface area contributed by atoms with Crippen molar-refractivity contribution in [3.63, 3.8) is 0 Å². The van der Waals surface area contributed by atoms with Gasteiger partial charge in [-0.2, -0.15) is 0 Å². The predicted molar refractivity (Wildman–Crippen MR) is 84.8 cm³/mol. The summed E-state index contributed by atoms with van der Waals surface area (Å²) in [5.41, 5.74) is 5.17. The lowest BCUT2D eigenvalue weighted by molar-refractivity contribution is 0.107. The van der Waals surface area contributed by atoms with E-state index in [4.69, 9.17) is 4.74 Å². The van der Waals surface area contributed by atoms with E-state index < -0.39 is 0 Å². The molecule has 1 atom stereocenters. The summed E-state index contributed by atoms with van der Waals surface area (Å²) in [6.07, 6.45) is 1.18. The molecule has 1 unspecified atom stereocenters. The lowest BCUT2D eigenvalue weighted by atomic mass is 9.98. The fourth-order valence-electron chi connectivity index (χ4n) is 2.15. The van der Waals surface area contributed by atoms with Crippen LogP contribution in [0.1, 0.15) is 48.4 Å². The monoisotopic (exact) mass is 268 g/mol. The van der Waals surface area contributed by atoms with Crippen molar-refractivity contribution in [2.24, 2.45) is 0 Å². The van der Waals surface area contributed by atoms with Crippen molar-refractivity contribution in [3.8, 4) is 0 Å². The normalized spacial score (nSPS) is 12.3. The average Bonchev–Trinajstić information content (AvgIpc) is 2.49. The van der Waals surface area contributed by atoms with E-state index >= 15 is 0 Å². The average molecular weight is 268 g/mol. The summed E-state index contributed by atoms with van der Waals surface area (Å²) in [5, 5.41) is 0. The van der Waals surface area contributed by atoms with Crippen molar-refractivity contribution in [2.45, 2.75) is 46.3 Å². The van der Waals surface area contributed by atoms with E-state index in [0.717, 1.165) is 0 Å². The number of hydrogen-bond acceptors (Lipinski definition) is 1. The lowest BCUT2D eigenvalue weighted by Crippen LogP contribution is -1.96. The van der Waals surface area contributed by atoms with Crippen LogP contribution in [0.3, 0.4) is 0 Å². The summed E-state index contributed by atoms with van der Waals surface area (Å²) in [6.45, 7) is 7.94. The summed E-state index contributed by atoms with van der Waals surface area (Å²) < 4.78 is 5.77. The number of rotatable bonds is 6. The first-order valence-corrected chi connectivity index (χ1v) is 7.41. The Morgan fingerprint density at radius 3 is 1.85 bits per heavy atom. The van der Waals surface area contributed by atoms with E-state index in [1.807, 2.05) is 0 Å². The molecule has 0 saturated heterocycles. The van der Waals surface area contributed by atoms with Crippen LogP contribution < -0.4 is 0 Å². The topological polar surface area (TPSA) is 9.23 Å². The maximum atomic E-state index is 5.77. The Labute approximate surface area is 122 Å². The molecule has 0 spiro atoms. The molecule has 0 heterocycles. The second-order valence-electron chi connectivity index (χ2n) is 5.53. The first-order chi connectivity index (χ1) is 9.69. The van der Waals surface area contributed by atoms with Crippen LogP contribution in [-0.2, 0) is 18.0 Å². The van der Waals surface area contributed by atoms with E-state index in [1.54, 1.807) is 0 Å². The fraction of sp³-hybridized carbons (Fsp3) is 0.368. The minimum absolute atomic E-state index is 0.637. The van der Waals surface area contributed by atoms with E-state index in [9.17, 15) is 0 Å². The number of aryl methyl sites for hydroxylation is 1. The van der Waals surface area contributed by atoms with Crippen LogP contribution in [0.4, 0.5) is 0 Å². The summed E-state index contributed by atoms with van der Waals surface area (Å²) in [7, 11) is 0. The van der Waals surface area contributed by atoms with Crippen LogP contribution in [0.5, 0.6) is 0 Å². The highest BCUT2D eigenvalue weighted by atomic mass is 16.5. The van der Waals surface area contributed by atoms with Crippen LogP contribution in [0.15, 0.2) is 48.5 Å². The first kappa shape index (κ1) is 14.8. The van der Waals surface area contributed by atoms with Crippen LogP contribution in [0.25, 0.3) is 0 Å². The zero-order chi connectivity index (χ0) is 14.4. The predicted octanol–water partition coefficient (Wildman–Crippen LogP) is 5.23. The molecular weight excluding hydrogens is 244 g/mol. The Hall–Kier alpha value is -1.60. The quantitative estimate of drug-likeness (QED) is 0.697. The van der Waals surface area contributed by atoms with Crippen molar-refractivity contribution < 1.29 is 4.74 Å². The Morgan fingerprint density at radius 1 is 0.850 bits per heavy atom. The molecule has 0 aliphatic carbocycles. The summed E-state index contributed by atoms with van der Waals surface area (Å²) >= 11 is 0. The smallest absolute Gasteiger partial charge is 0.0721 e. The Kier molecular flexibility index (Phi) is 5.37. The van der Waals surface area contributed by atoms with Crippen molar-refractivity contribution in [1.82, 2.24) is 0 Å². The fourth-order valence-corrected chi connectivity index (χ4v) is 2.15. The van der Waals surface area contributed by atoms with Crippen molar-refractivity contribution in [3.05, 3.63) is 70.8 Å². The van der Waals surface area contributed by atoms with Crippen LogP contribution in [-0.4, -0.2) is 0 Å². The second kappa shape index (κ2) is 7.25. The van der Waals surface area contributed by atoms with Crippen molar-refractivity contribution in [2.75, 3.05) is 0 Å². The maximum Gasteiger partial charge on any atom is 0.0721 e. The maximum absolute atomic E-state index is 5.77. The van der Waals surface area contributed by atoms with Gasteiger partial charge < -0.3 is 4.74 Å². The highest BCUT2D eigenvalue weighted by molar-refractivity contribution is 5.25. The third-order valence-corrected chi connectivity index (χ3v) is 3.82. The molecule has 1 nitrogen and oxygen atoms in total. The summed E-state index contributed by atoms with van der Waals surface area (Å²) in [5.74, 6) is 0.637. The SMILES string of the molecule is CCC(C)c1ccc(COCc2ccc(C)cc2)cc1. The van der Waals surface area contributed by atoms with Crippen LogP contribution >= 0.6 is 0 Å². The molecule has 0 aliphatic rings. The molecule has 0 aromatic heterocycles.